The number of hydrogen-bond donors (Lipinski definition) is 1. The van der Waals surface area contributed by atoms with E-state index in [1.165, 1.54) is 24.3 Å². The number of nitrogens with one attached hydrogen (secondary N) is 1. The standard InChI is InChI=1S/C19H19ClFN3O2/c20-15-2-1-3-17(12-15)23-8-10-24(11-9-23)18(25)13-22-19(26)14-4-6-16(21)7-5-14/h1-7,12H,8-11,13H2,(H,22,26). The fraction of sp³-hybridized carbons (Fsp3) is 0.263. The maximum atomic E-state index is 12.9. The van der Waals surface area contributed by atoms with Crippen LogP contribution >= 0.6 is 11.6 Å². The molecule has 26 heavy (non-hydrogen) atoms. The Morgan fingerprint density at radius 3 is 2.38 bits per heavy atom. The van der Waals surface area contributed by atoms with Crippen molar-refractivity contribution in [2.45, 2.75) is 0 Å². The first-order valence-electron chi connectivity index (χ1n) is 8.35. The number of halogens is 2. The van der Waals surface area contributed by atoms with Crippen LogP contribution in [0.5, 0.6) is 0 Å². The number of hydrogen-bond acceptors (Lipinski definition) is 3. The maximum absolute atomic E-state index is 12.9. The Kier molecular flexibility index (Phi) is 5.73. The highest BCUT2D eigenvalue weighted by Crippen LogP contribution is 2.20. The van der Waals surface area contributed by atoms with E-state index in [-0.39, 0.29) is 12.5 Å². The van der Waals surface area contributed by atoms with Gasteiger partial charge in [-0.2, -0.15) is 0 Å². The molecule has 0 bridgehead atoms. The molecule has 0 aromatic heterocycles. The highest BCUT2D eigenvalue weighted by atomic mass is 35.5. The lowest BCUT2D eigenvalue weighted by Gasteiger charge is -2.36. The average Bonchev–Trinajstić information content (AvgIpc) is 2.66. The van der Waals surface area contributed by atoms with Crippen LogP contribution in [0.3, 0.4) is 0 Å². The fourth-order valence-corrected chi connectivity index (χ4v) is 3.04. The van der Waals surface area contributed by atoms with Crippen LogP contribution in [0.4, 0.5) is 10.1 Å². The first-order chi connectivity index (χ1) is 12.5. The normalized spacial score (nSPS) is 14.2. The van der Waals surface area contributed by atoms with Crippen molar-refractivity contribution in [2.75, 3.05) is 37.6 Å². The number of amides is 2. The molecule has 0 atom stereocenters. The van der Waals surface area contributed by atoms with Gasteiger partial charge < -0.3 is 15.1 Å². The van der Waals surface area contributed by atoms with Gasteiger partial charge in [0, 0.05) is 42.5 Å². The molecule has 136 valence electrons. The zero-order chi connectivity index (χ0) is 18.5. The van der Waals surface area contributed by atoms with Crippen LogP contribution in [0.2, 0.25) is 5.02 Å². The summed E-state index contributed by atoms with van der Waals surface area (Å²) in [5, 5.41) is 3.27. The molecule has 5 nitrogen and oxygen atoms in total. The van der Waals surface area contributed by atoms with Gasteiger partial charge in [-0.25, -0.2) is 4.39 Å². The quantitative estimate of drug-likeness (QED) is 0.893. The minimum absolute atomic E-state index is 0.0760. The van der Waals surface area contributed by atoms with E-state index >= 15 is 0 Å². The van der Waals surface area contributed by atoms with Crippen LogP contribution < -0.4 is 10.2 Å². The Labute approximate surface area is 156 Å². The van der Waals surface area contributed by atoms with E-state index in [1.807, 2.05) is 24.3 Å². The maximum Gasteiger partial charge on any atom is 0.251 e. The molecule has 0 unspecified atom stereocenters. The van der Waals surface area contributed by atoms with Crippen molar-refractivity contribution >= 4 is 29.1 Å². The lowest BCUT2D eigenvalue weighted by Crippen LogP contribution is -2.51. The van der Waals surface area contributed by atoms with Crippen LogP contribution in [-0.4, -0.2) is 49.4 Å². The molecule has 0 aliphatic carbocycles. The van der Waals surface area contributed by atoms with E-state index in [9.17, 15) is 14.0 Å². The fourth-order valence-electron chi connectivity index (χ4n) is 2.86. The molecule has 0 saturated carbocycles. The van der Waals surface area contributed by atoms with Crippen LogP contribution in [0.25, 0.3) is 0 Å². The third-order valence-electron chi connectivity index (χ3n) is 4.31. The van der Waals surface area contributed by atoms with E-state index in [2.05, 4.69) is 10.2 Å². The molecule has 3 rings (SSSR count). The Bertz CT molecular complexity index is 790. The highest BCUT2D eigenvalue weighted by molar-refractivity contribution is 6.30. The Balaban J connectivity index is 1.47. The second-order valence-electron chi connectivity index (χ2n) is 6.04. The topological polar surface area (TPSA) is 52.7 Å². The average molecular weight is 376 g/mol. The molecule has 1 aliphatic heterocycles. The van der Waals surface area contributed by atoms with Crippen molar-refractivity contribution in [1.29, 1.82) is 0 Å². The molecule has 2 aromatic carbocycles. The van der Waals surface area contributed by atoms with Crippen molar-refractivity contribution in [3.63, 3.8) is 0 Å². The van der Waals surface area contributed by atoms with Gasteiger partial charge >= 0.3 is 0 Å². The van der Waals surface area contributed by atoms with E-state index in [0.717, 1.165) is 5.69 Å². The summed E-state index contributed by atoms with van der Waals surface area (Å²) < 4.78 is 12.9. The zero-order valence-corrected chi connectivity index (χ0v) is 14.9. The summed E-state index contributed by atoms with van der Waals surface area (Å²) in [6, 6.07) is 12.8. The minimum atomic E-state index is -0.407. The second-order valence-corrected chi connectivity index (χ2v) is 6.47. The minimum Gasteiger partial charge on any atom is -0.368 e. The molecule has 1 N–H and O–H groups in total. The van der Waals surface area contributed by atoms with Crippen LogP contribution in [0.1, 0.15) is 10.4 Å². The molecule has 1 fully saturated rings. The third-order valence-corrected chi connectivity index (χ3v) is 4.55. The van der Waals surface area contributed by atoms with Gasteiger partial charge in [-0.15, -0.1) is 0 Å². The summed E-state index contributed by atoms with van der Waals surface area (Å²) >= 11 is 6.02. The predicted molar refractivity (Wildman–Crippen MR) is 99.0 cm³/mol. The summed E-state index contributed by atoms with van der Waals surface area (Å²) in [4.78, 5) is 28.2. The summed E-state index contributed by atoms with van der Waals surface area (Å²) in [6.45, 7) is 2.50. The first kappa shape index (κ1) is 18.2. The molecule has 1 heterocycles. The molecule has 7 heteroatoms. The molecule has 0 radical (unpaired) electrons. The van der Waals surface area contributed by atoms with E-state index in [4.69, 9.17) is 11.6 Å². The Morgan fingerprint density at radius 2 is 1.73 bits per heavy atom. The van der Waals surface area contributed by atoms with Gasteiger partial charge in [0.15, 0.2) is 0 Å². The van der Waals surface area contributed by atoms with Crippen molar-refractivity contribution in [2.24, 2.45) is 0 Å². The third kappa shape index (κ3) is 4.52. The molecular weight excluding hydrogens is 357 g/mol. The number of nitrogens with zero attached hydrogens (tertiary/aromatic N) is 2. The summed E-state index contributed by atoms with van der Waals surface area (Å²) in [5.41, 5.74) is 1.36. The van der Waals surface area contributed by atoms with E-state index in [1.54, 1.807) is 4.90 Å². The monoisotopic (exact) mass is 375 g/mol. The van der Waals surface area contributed by atoms with Crippen molar-refractivity contribution in [3.8, 4) is 0 Å². The van der Waals surface area contributed by atoms with E-state index < -0.39 is 11.7 Å². The van der Waals surface area contributed by atoms with Gasteiger partial charge in [0.2, 0.25) is 5.91 Å². The summed E-state index contributed by atoms with van der Waals surface area (Å²) in [5.74, 6) is -0.933. The van der Waals surface area contributed by atoms with Crippen LogP contribution in [0.15, 0.2) is 48.5 Å². The SMILES string of the molecule is O=C(NCC(=O)N1CCN(c2cccc(Cl)c2)CC1)c1ccc(F)cc1. The Morgan fingerprint density at radius 1 is 1.04 bits per heavy atom. The van der Waals surface area contributed by atoms with Crippen molar-refractivity contribution < 1.29 is 14.0 Å². The summed E-state index contributed by atoms with van der Waals surface area (Å²) in [7, 11) is 0. The number of carbonyl (C=O) groups is 2. The lowest BCUT2D eigenvalue weighted by atomic mass is 10.2. The largest absolute Gasteiger partial charge is 0.368 e. The van der Waals surface area contributed by atoms with Crippen LogP contribution in [-0.2, 0) is 4.79 Å². The molecule has 1 aliphatic rings. The molecule has 2 aromatic rings. The number of piperazine rings is 1. The van der Waals surface area contributed by atoms with Gasteiger partial charge in [-0.1, -0.05) is 17.7 Å². The van der Waals surface area contributed by atoms with Gasteiger partial charge in [-0.3, -0.25) is 9.59 Å². The number of anilines is 1. The zero-order valence-electron chi connectivity index (χ0n) is 14.1. The van der Waals surface area contributed by atoms with Gasteiger partial charge in [0.1, 0.15) is 5.82 Å². The lowest BCUT2D eigenvalue weighted by molar-refractivity contribution is -0.130. The predicted octanol–water partition coefficient (Wildman–Crippen LogP) is 2.56. The molecular formula is C19H19ClFN3O2. The van der Waals surface area contributed by atoms with Gasteiger partial charge in [0.25, 0.3) is 5.91 Å². The molecule has 0 spiro atoms. The first-order valence-corrected chi connectivity index (χ1v) is 8.73. The van der Waals surface area contributed by atoms with Crippen molar-refractivity contribution in [1.82, 2.24) is 10.2 Å². The van der Waals surface area contributed by atoms with E-state index in [0.29, 0.717) is 36.8 Å². The van der Waals surface area contributed by atoms with Crippen molar-refractivity contribution in [3.05, 3.63) is 64.9 Å². The van der Waals surface area contributed by atoms with Gasteiger partial charge in [0.05, 0.1) is 6.54 Å². The smallest absolute Gasteiger partial charge is 0.251 e. The van der Waals surface area contributed by atoms with Gasteiger partial charge in [-0.05, 0) is 42.5 Å². The number of benzene rings is 2. The highest BCUT2D eigenvalue weighted by Gasteiger charge is 2.21. The summed E-state index contributed by atoms with van der Waals surface area (Å²) in [6.07, 6.45) is 0. The molecule has 1 saturated heterocycles. The second kappa shape index (κ2) is 8.19. The molecule has 2 amide bonds. The number of rotatable bonds is 4. The Hall–Kier alpha value is -2.60. The number of carbonyl (C=O) groups excluding carboxylic acids is 2. The van der Waals surface area contributed by atoms with Crippen LogP contribution in [0, 0.1) is 5.82 Å².